The number of hydrogen-bond acceptors (Lipinski definition) is 5. The van der Waals surface area contributed by atoms with Gasteiger partial charge in [0.05, 0.1) is 29.4 Å². The predicted molar refractivity (Wildman–Crippen MR) is 75.5 cm³/mol. The van der Waals surface area contributed by atoms with E-state index >= 15 is 0 Å². The second-order valence-corrected chi connectivity index (χ2v) is 5.00. The van der Waals surface area contributed by atoms with Crippen molar-refractivity contribution in [2.24, 2.45) is 0 Å². The molecule has 0 saturated carbocycles. The zero-order chi connectivity index (χ0) is 12.9. The molecule has 5 nitrogen and oxygen atoms in total. The summed E-state index contributed by atoms with van der Waals surface area (Å²) in [7, 11) is 1.38. The van der Waals surface area contributed by atoms with Gasteiger partial charge in [0.25, 0.3) is 0 Å². The maximum atomic E-state index is 11.3. The van der Waals surface area contributed by atoms with Crippen LogP contribution in [0.3, 0.4) is 0 Å². The Hall–Kier alpha value is -0.720. The van der Waals surface area contributed by atoms with Crippen LogP contribution < -0.4 is 10.4 Å². The number of ether oxygens (including phenoxy) is 1. The molecule has 0 aromatic heterocycles. The monoisotopic (exact) mass is 323 g/mol. The molecule has 1 aromatic carbocycles. The van der Waals surface area contributed by atoms with Crippen LogP contribution in [0, 0.1) is 0 Å². The number of hydrazine groups is 1. The van der Waals surface area contributed by atoms with Crippen LogP contribution in [-0.2, 0) is 16.1 Å². The van der Waals surface area contributed by atoms with Crippen LogP contribution in [0.4, 0.5) is 5.69 Å². The highest BCUT2D eigenvalue weighted by Crippen LogP contribution is 2.41. The Morgan fingerprint density at radius 1 is 1.53 bits per heavy atom. The summed E-state index contributed by atoms with van der Waals surface area (Å²) in [5.74, 6) is -0.273. The third-order valence-corrected chi connectivity index (χ3v) is 3.97. The van der Waals surface area contributed by atoms with Crippen molar-refractivity contribution < 1.29 is 9.53 Å². The molecule has 3 rings (SSSR count). The fourth-order valence-electron chi connectivity index (χ4n) is 2.16. The topological polar surface area (TPSA) is 54.5 Å². The van der Waals surface area contributed by atoms with Crippen LogP contribution in [0.15, 0.2) is 12.1 Å². The molecule has 104 valence electrons. The largest absolute Gasteiger partial charge is 0.468 e. The molecule has 0 bridgehead atoms. The van der Waals surface area contributed by atoms with E-state index in [0.717, 1.165) is 11.3 Å². The van der Waals surface area contributed by atoms with E-state index in [1.165, 1.54) is 7.11 Å². The molecule has 1 N–H and O–H groups in total. The molecule has 0 aliphatic carbocycles. The molecule has 1 aromatic rings. The smallest absolute Gasteiger partial charge is 0.319 e. The quantitative estimate of drug-likeness (QED) is 0.666. The van der Waals surface area contributed by atoms with Crippen LogP contribution in [0.1, 0.15) is 5.56 Å². The maximum Gasteiger partial charge on any atom is 0.319 e. The first-order valence-corrected chi connectivity index (χ1v) is 6.20. The Bertz CT molecular complexity index is 526. The molecule has 1 fully saturated rings. The van der Waals surface area contributed by atoms with Gasteiger partial charge in [-0.1, -0.05) is 23.2 Å². The average Bonchev–Trinajstić information content (AvgIpc) is 3.14. The van der Waals surface area contributed by atoms with E-state index in [9.17, 15) is 4.79 Å². The molecule has 1 unspecified atom stereocenters. The molecule has 0 amide bonds. The van der Waals surface area contributed by atoms with E-state index in [2.05, 4.69) is 10.2 Å². The summed E-state index contributed by atoms with van der Waals surface area (Å²) in [6.07, 6.45) is 0.0360. The molecule has 2 heterocycles. The number of nitrogens with zero attached hydrogens (tertiary/aromatic N) is 2. The van der Waals surface area contributed by atoms with Gasteiger partial charge in [0.1, 0.15) is 0 Å². The molecule has 1 saturated heterocycles. The lowest BCUT2D eigenvalue weighted by Crippen LogP contribution is -2.37. The van der Waals surface area contributed by atoms with Crippen molar-refractivity contribution in [3.05, 3.63) is 27.7 Å². The van der Waals surface area contributed by atoms with Crippen LogP contribution in [0.25, 0.3) is 0 Å². The van der Waals surface area contributed by atoms with Crippen LogP contribution in [0.5, 0.6) is 0 Å². The maximum absolute atomic E-state index is 11.3. The van der Waals surface area contributed by atoms with Gasteiger partial charge in [-0.05, 0) is 12.1 Å². The van der Waals surface area contributed by atoms with Crippen molar-refractivity contribution in [2.75, 3.05) is 18.7 Å². The highest BCUT2D eigenvalue weighted by atomic mass is 35.5. The predicted octanol–water partition coefficient (Wildman–Crippen LogP) is 2.01. The van der Waals surface area contributed by atoms with Gasteiger partial charge in [-0.3, -0.25) is 14.7 Å². The Morgan fingerprint density at radius 2 is 2.26 bits per heavy atom. The summed E-state index contributed by atoms with van der Waals surface area (Å²) in [6, 6.07) is 3.70. The number of halogens is 3. The van der Waals surface area contributed by atoms with E-state index < -0.39 is 0 Å². The van der Waals surface area contributed by atoms with E-state index in [1.807, 2.05) is 16.0 Å². The first-order chi connectivity index (χ1) is 8.61. The molecule has 0 radical (unpaired) electrons. The summed E-state index contributed by atoms with van der Waals surface area (Å²) in [5, 5.41) is 3.01. The lowest BCUT2D eigenvalue weighted by atomic mass is 10.1. The van der Waals surface area contributed by atoms with Crippen LogP contribution in [0.2, 0.25) is 10.0 Å². The van der Waals surface area contributed by atoms with Crippen molar-refractivity contribution in [1.82, 2.24) is 10.3 Å². The minimum Gasteiger partial charge on any atom is -0.468 e. The van der Waals surface area contributed by atoms with E-state index in [-0.39, 0.29) is 31.2 Å². The molecule has 1 atom stereocenters. The number of carbonyl (C=O) groups excluding carboxylic acids is 1. The van der Waals surface area contributed by atoms with Gasteiger partial charge >= 0.3 is 5.97 Å². The van der Waals surface area contributed by atoms with E-state index in [0.29, 0.717) is 16.6 Å². The van der Waals surface area contributed by atoms with Crippen molar-refractivity contribution in [2.45, 2.75) is 12.8 Å². The van der Waals surface area contributed by atoms with Crippen molar-refractivity contribution in [3.8, 4) is 0 Å². The number of carbonyl (C=O) groups is 1. The second kappa shape index (κ2) is 5.34. The number of methoxy groups -OCH3 is 1. The number of nitrogens with one attached hydrogen (secondary N) is 1. The summed E-state index contributed by atoms with van der Waals surface area (Å²) in [4.78, 5) is 13.3. The van der Waals surface area contributed by atoms with Crippen molar-refractivity contribution in [1.29, 1.82) is 0 Å². The Kier molecular flexibility index (Phi) is 4.13. The highest BCUT2D eigenvalue weighted by Gasteiger charge is 2.45. The fourth-order valence-corrected chi connectivity index (χ4v) is 2.55. The van der Waals surface area contributed by atoms with Gasteiger partial charge < -0.3 is 4.74 Å². The highest BCUT2D eigenvalue weighted by molar-refractivity contribution is 6.42. The summed E-state index contributed by atoms with van der Waals surface area (Å²) >= 11 is 12.2. The molecule has 2 aliphatic rings. The lowest BCUT2D eigenvalue weighted by molar-refractivity contribution is -0.142. The third-order valence-electron chi connectivity index (χ3n) is 3.13. The third kappa shape index (κ3) is 2.49. The Labute approximate surface area is 126 Å². The molecule has 19 heavy (non-hydrogen) atoms. The number of benzene rings is 1. The SMILES string of the molecule is COC(=O)CN1Cc2c(ccc(Cl)c2Cl)N2NC12.Cl. The summed E-state index contributed by atoms with van der Waals surface area (Å²) in [6.45, 7) is 0.783. The molecule has 8 heteroatoms. The minimum atomic E-state index is -0.273. The van der Waals surface area contributed by atoms with Gasteiger partial charge in [0.15, 0.2) is 6.29 Å². The summed E-state index contributed by atoms with van der Waals surface area (Å²) in [5.41, 5.74) is 5.10. The zero-order valence-electron chi connectivity index (χ0n) is 10.0. The van der Waals surface area contributed by atoms with Gasteiger partial charge in [-0.25, -0.2) is 0 Å². The van der Waals surface area contributed by atoms with Gasteiger partial charge in [0, 0.05) is 12.1 Å². The van der Waals surface area contributed by atoms with E-state index in [1.54, 1.807) is 6.07 Å². The van der Waals surface area contributed by atoms with Crippen molar-refractivity contribution in [3.63, 3.8) is 0 Å². The first-order valence-electron chi connectivity index (χ1n) is 5.45. The molecular weight excluding hydrogens is 312 g/mol. The number of rotatable bonds is 2. The number of esters is 1. The lowest BCUT2D eigenvalue weighted by Gasteiger charge is -2.26. The van der Waals surface area contributed by atoms with E-state index in [4.69, 9.17) is 23.2 Å². The Balaban J connectivity index is 0.00000133. The average molecular weight is 325 g/mol. The number of hydrogen-bond donors (Lipinski definition) is 1. The Morgan fingerprint density at radius 3 is 2.95 bits per heavy atom. The minimum absolute atomic E-state index is 0. The summed E-state index contributed by atoms with van der Waals surface area (Å²) < 4.78 is 4.68. The molecule has 0 spiro atoms. The van der Waals surface area contributed by atoms with Gasteiger partial charge in [-0.2, -0.15) is 5.43 Å². The standard InChI is InChI=1S/C11H11Cl2N3O2.ClH/c1-18-9(17)5-15-4-6-8(16-11(15)14-16)3-2-7(12)10(6)13;/h2-3,11,14H,4-5H2,1H3;1H. The van der Waals surface area contributed by atoms with Gasteiger partial charge in [0.2, 0.25) is 0 Å². The second-order valence-electron chi connectivity index (χ2n) is 4.21. The van der Waals surface area contributed by atoms with Crippen LogP contribution >= 0.6 is 35.6 Å². The number of anilines is 1. The fraction of sp³-hybridized carbons (Fsp3) is 0.364. The zero-order valence-corrected chi connectivity index (χ0v) is 12.3. The normalized spacial score (nSPS) is 20.2. The molecular formula is C11H12Cl3N3O2. The first kappa shape index (κ1) is 14.7. The number of fused-ring (bicyclic) bond motifs is 3. The van der Waals surface area contributed by atoms with Gasteiger partial charge in [-0.15, -0.1) is 12.4 Å². The molecule has 2 aliphatic heterocycles. The van der Waals surface area contributed by atoms with Crippen LogP contribution in [-0.4, -0.2) is 30.8 Å². The van der Waals surface area contributed by atoms with Crippen molar-refractivity contribution >= 4 is 47.3 Å².